The molecule has 2 aliphatic rings. The molecule has 2 fully saturated rings. The molecule has 2 atom stereocenters. The summed E-state index contributed by atoms with van der Waals surface area (Å²) in [6.45, 7) is 2.40. The normalized spacial score (nSPS) is 27.2. The van der Waals surface area contributed by atoms with Crippen LogP contribution in [0.2, 0.25) is 0 Å². The Labute approximate surface area is 119 Å². The van der Waals surface area contributed by atoms with Gasteiger partial charge in [0, 0.05) is 29.9 Å². The summed E-state index contributed by atoms with van der Waals surface area (Å²) >= 11 is 1.74. The number of hydrogen-bond acceptors (Lipinski definition) is 3. The summed E-state index contributed by atoms with van der Waals surface area (Å²) in [6.07, 6.45) is 6.55. The average Bonchev–Trinajstić information content (AvgIpc) is 3.07. The number of amides is 1. The number of piperidine rings is 1. The average molecular weight is 278 g/mol. The van der Waals surface area contributed by atoms with E-state index in [9.17, 15) is 4.79 Å². The first-order valence-electron chi connectivity index (χ1n) is 7.39. The molecule has 1 aromatic heterocycles. The van der Waals surface area contributed by atoms with Crippen molar-refractivity contribution in [1.29, 1.82) is 0 Å². The summed E-state index contributed by atoms with van der Waals surface area (Å²) in [4.78, 5) is 15.9. The van der Waals surface area contributed by atoms with Crippen molar-refractivity contribution in [3.05, 3.63) is 22.4 Å². The zero-order chi connectivity index (χ0) is 13.1. The molecule has 3 rings (SSSR count). The fourth-order valence-corrected chi connectivity index (χ4v) is 4.10. The van der Waals surface area contributed by atoms with Gasteiger partial charge in [0.05, 0.1) is 0 Å². The van der Waals surface area contributed by atoms with Crippen LogP contribution in [-0.4, -0.2) is 36.0 Å². The smallest absolute Gasteiger partial charge is 0.220 e. The zero-order valence-corrected chi connectivity index (χ0v) is 12.1. The monoisotopic (exact) mass is 278 g/mol. The molecule has 2 aliphatic heterocycles. The van der Waals surface area contributed by atoms with Crippen molar-refractivity contribution in [2.24, 2.45) is 0 Å². The van der Waals surface area contributed by atoms with Gasteiger partial charge < -0.3 is 5.32 Å². The molecule has 19 heavy (non-hydrogen) atoms. The third kappa shape index (κ3) is 3.18. The van der Waals surface area contributed by atoms with E-state index >= 15 is 0 Å². The van der Waals surface area contributed by atoms with Crippen LogP contribution in [0.25, 0.3) is 0 Å². The van der Waals surface area contributed by atoms with E-state index in [2.05, 4.69) is 27.7 Å². The highest BCUT2D eigenvalue weighted by Gasteiger charge is 2.35. The number of hydrogen-bond donors (Lipinski definition) is 1. The number of thiophene rings is 1. The number of rotatable bonds is 4. The largest absolute Gasteiger partial charge is 0.352 e. The Morgan fingerprint density at radius 2 is 2.32 bits per heavy atom. The minimum absolute atomic E-state index is 0.228. The van der Waals surface area contributed by atoms with Crippen molar-refractivity contribution >= 4 is 17.2 Å². The van der Waals surface area contributed by atoms with Crippen LogP contribution in [0, 0.1) is 0 Å². The quantitative estimate of drug-likeness (QED) is 0.917. The fourth-order valence-electron chi connectivity index (χ4n) is 3.39. The topological polar surface area (TPSA) is 32.3 Å². The Bertz CT molecular complexity index is 418. The molecule has 0 spiro atoms. The van der Waals surface area contributed by atoms with Crippen molar-refractivity contribution in [3.63, 3.8) is 0 Å². The van der Waals surface area contributed by atoms with Crippen molar-refractivity contribution in [1.82, 2.24) is 10.2 Å². The van der Waals surface area contributed by atoms with E-state index in [1.54, 1.807) is 11.3 Å². The SMILES string of the molecule is O=C(CCc1cccs1)N[C@H]1CCN2CCCC[C@H]12. The highest BCUT2D eigenvalue weighted by atomic mass is 32.1. The molecule has 1 N–H and O–H groups in total. The molecule has 4 heteroatoms. The van der Waals surface area contributed by atoms with Crippen LogP contribution in [0.3, 0.4) is 0 Å². The van der Waals surface area contributed by atoms with Crippen LogP contribution in [0.4, 0.5) is 0 Å². The molecule has 0 unspecified atom stereocenters. The minimum Gasteiger partial charge on any atom is -0.352 e. The van der Waals surface area contributed by atoms with Gasteiger partial charge in [0.1, 0.15) is 0 Å². The lowest BCUT2D eigenvalue weighted by Crippen LogP contribution is -2.46. The van der Waals surface area contributed by atoms with E-state index in [0.29, 0.717) is 18.5 Å². The molecular weight excluding hydrogens is 256 g/mol. The lowest BCUT2D eigenvalue weighted by Gasteiger charge is -2.32. The minimum atomic E-state index is 0.228. The first-order chi connectivity index (χ1) is 9.33. The molecule has 0 bridgehead atoms. The molecule has 0 aromatic carbocycles. The molecular formula is C15H22N2OS. The van der Waals surface area contributed by atoms with Crippen LogP contribution in [0.15, 0.2) is 17.5 Å². The molecule has 3 heterocycles. The Balaban J connectivity index is 1.47. The predicted molar refractivity (Wildman–Crippen MR) is 78.4 cm³/mol. The summed E-state index contributed by atoms with van der Waals surface area (Å²) in [6, 6.07) is 5.17. The molecule has 104 valence electrons. The Morgan fingerprint density at radius 3 is 3.16 bits per heavy atom. The second-order valence-corrected chi connectivity index (χ2v) is 6.67. The number of aryl methyl sites for hydroxylation is 1. The highest BCUT2D eigenvalue weighted by molar-refractivity contribution is 7.09. The number of carbonyl (C=O) groups excluding carboxylic acids is 1. The second-order valence-electron chi connectivity index (χ2n) is 5.64. The standard InChI is InChI=1S/C15H22N2OS/c18-15(7-6-12-4-3-11-19-12)16-13-8-10-17-9-2-1-5-14(13)17/h3-4,11,13-14H,1-2,5-10H2,(H,16,18)/t13-,14+/m0/s1. The van der Waals surface area contributed by atoms with E-state index in [0.717, 1.165) is 12.8 Å². The van der Waals surface area contributed by atoms with Crippen LogP contribution >= 0.6 is 11.3 Å². The highest BCUT2D eigenvalue weighted by Crippen LogP contribution is 2.27. The second kappa shape index (κ2) is 6.06. The lowest BCUT2D eigenvalue weighted by atomic mass is 9.99. The van der Waals surface area contributed by atoms with Gasteiger partial charge in [-0.05, 0) is 43.7 Å². The maximum atomic E-state index is 12.0. The van der Waals surface area contributed by atoms with Gasteiger partial charge in [-0.15, -0.1) is 11.3 Å². The molecule has 0 saturated carbocycles. The Kier molecular flexibility index (Phi) is 4.18. The lowest BCUT2D eigenvalue weighted by molar-refractivity contribution is -0.122. The van der Waals surface area contributed by atoms with Crippen molar-refractivity contribution in [3.8, 4) is 0 Å². The van der Waals surface area contributed by atoms with Crippen LogP contribution in [0.1, 0.15) is 37.0 Å². The summed E-state index contributed by atoms with van der Waals surface area (Å²) < 4.78 is 0. The molecule has 1 amide bonds. The number of carbonyl (C=O) groups is 1. The summed E-state index contributed by atoms with van der Waals surface area (Å²) in [5.74, 6) is 0.228. The summed E-state index contributed by atoms with van der Waals surface area (Å²) in [5, 5.41) is 5.34. The van der Waals surface area contributed by atoms with Crippen LogP contribution in [0.5, 0.6) is 0 Å². The van der Waals surface area contributed by atoms with Gasteiger partial charge in [-0.25, -0.2) is 0 Å². The molecule has 0 aliphatic carbocycles. The summed E-state index contributed by atoms with van der Waals surface area (Å²) in [5.41, 5.74) is 0. The predicted octanol–water partition coefficient (Wildman–Crippen LogP) is 2.42. The molecule has 0 radical (unpaired) electrons. The van der Waals surface area contributed by atoms with Crippen molar-refractivity contribution < 1.29 is 4.79 Å². The van der Waals surface area contributed by atoms with Gasteiger partial charge in [0.2, 0.25) is 5.91 Å². The summed E-state index contributed by atoms with van der Waals surface area (Å²) in [7, 11) is 0. The Morgan fingerprint density at radius 1 is 1.37 bits per heavy atom. The molecule has 3 nitrogen and oxygen atoms in total. The number of nitrogens with zero attached hydrogens (tertiary/aromatic N) is 1. The molecule has 1 aromatic rings. The van der Waals surface area contributed by atoms with E-state index in [1.807, 2.05) is 0 Å². The van der Waals surface area contributed by atoms with Crippen molar-refractivity contribution in [2.45, 2.75) is 50.6 Å². The first-order valence-corrected chi connectivity index (χ1v) is 8.27. The van der Waals surface area contributed by atoms with E-state index in [1.165, 1.54) is 37.2 Å². The van der Waals surface area contributed by atoms with Gasteiger partial charge in [-0.3, -0.25) is 9.69 Å². The maximum Gasteiger partial charge on any atom is 0.220 e. The van der Waals surface area contributed by atoms with Gasteiger partial charge in [0.15, 0.2) is 0 Å². The Hall–Kier alpha value is -0.870. The third-order valence-electron chi connectivity index (χ3n) is 4.38. The maximum absolute atomic E-state index is 12.0. The van der Waals surface area contributed by atoms with Crippen molar-refractivity contribution in [2.75, 3.05) is 13.1 Å². The number of fused-ring (bicyclic) bond motifs is 1. The van der Waals surface area contributed by atoms with Gasteiger partial charge in [-0.1, -0.05) is 12.5 Å². The van der Waals surface area contributed by atoms with Crippen LogP contribution < -0.4 is 5.32 Å². The molecule has 2 saturated heterocycles. The van der Waals surface area contributed by atoms with E-state index in [-0.39, 0.29) is 5.91 Å². The van der Waals surface area contributed by atoms with Gasteiger partial charge in [-0.2, -0.15) is 0 Å². The zero-order valence-electron chi connectivity index (χ0n) is 11.3. The first kappa shape index (κ1) is 13.1. The van der Waals surface area contributed by atoms with E-state index in [4.69, 9.17) is 0 Å². The number of nitrogens with one attached hydrogen (secondary N) is 1. The van der Waals surface area contributed by atoms with Crippen LogP contribution in [-0.2, 0) is 11.2 Å². The third-order valence-corrected chi connectivity index (χ3v) is 5.32. The fraction of sp³-hybridized carbons (Fsp3) is 0.667. The van der Waals surface area contributed by atoms with Gasteiger partial charge >= 0.3 is 0 Å². The van der Waals surface area contributed by atoms with Gasteiger partial charge in [0.25, 0.3) is 0 Å². The van der Waals surface area contributed by atoms with E-state index < -0.39 is 0 Å².